The Bertz CT molecular complexity index is 470. The highest BCUT2D eigenvalue weighted by atomic mass is 16.6. The molecule has 0 saturated carbocycles. The van der Waals surface area contributed by atoms with Gasteiger partial charge in [0.2, 0.25) is 1.43 Å². The summed E-state index contributed by atoms with van der Waals surface area (Å²) in [6.45, 7) is 1.25. The first-order valence-electron chi connectivity index (χ1n) is 6.89. The van der Waals surface area contributed by atoms with Gasteiger partial charge in [0.15, 0.2) is 6.04 Å². The van der Waals surface area contributed by atoms with Crippen molar-refractivity contribution in [1.82, 2.24) is 5.32 Å². The number of alkyl carbamates (subject to hydrolysis) is 1. The summed E-state index contributed by atoms with van der Waals surface area (Å²) in [5.41, 5.74) is 0.778. The molecule has 1 aromatic rings. The lowest BCUT2D eigenvalue weighted by atomic mass is 10.2. The summed E-state index contributed by atoms with van der Waals surface area (Å²) in [4.78, 5) is 23.4. The Hall–Kier alpha value is -2.12. The SMILES string of the molecule is [3H]OCC(O)[C@H](NC(=O)OCc1ccccc1)C(=O)OCC. The van der Waals surface area contributed by atoms with Crippen LogP contribution in [0, 0.1) is 0 Å². The minimum absolute atomic E-state index is 0.0211. The molecule has 0 fully saturated rings. The van der Waals surface area contributed by atoms with Crippen molar-refractivity contribution in [2.45, 2.75) is 25.7 Å². The molecular formula is C14H19NO6. The second-order valence-corrected chi connectivity index (χ2v) is 4.17. The molecule has 0 saturated heterocycles. The van der Waals surface area contributed by atoms with Crippen LogP contribution in [0.2, 0.25) is 0 Å². The van der Waals surface area contributed by atoms with E-state index in [1.807, 2.05) is 6.07 Å². The average molecular weight is 299 g/mol. The van der Waals surface area contributed by atoms with Crippen LogP contribution in [0.15, 0.2) is 30.3 Å². The highest BCUT2D eigenvalue weighted by Gasteiger charge is 2.29. The van der Waals surface area contributed by atoms with Crippen LogP contribution in [-0.4, -0.2) is 49.1 Å². The number of aliphatic hydroxyl groups excluding tert-OH is 2. The van der Waals surface area contributed by atoms with E-state index < -0.39 is 30.8 Å². The molecule has 2 atom stereocenters. The number of nitrogens with one attached hydrogen (secondary N) is 1. The van der Waals surface area contributed by atoms with Gasteiger partial charge in [-0.25, -0.2) is 9.59 Å². The number of carbonyl (C=O) groups excluding carboxylic acids is 2. The van der Waals surface area contributed by atoms with Crippen molar-refractivity contribution in [3.63, 3.8) is 0 Å². The average Bonchev–Trinajstić information content (AvgIpc) is 2.52. The maximum Gasteiger partial charge on any atom is 0.408 e. The molecular weight excluding hydrogens is 278 g/mol. The third-order valence-electron chi connectivity index (χ3n) is 2.58. The Morgan fingerprint density at radius 1 is 1.33 bits per heavy atom. The van der Waals surface area contributed by atoms with Gasteiger partial charge in [-0.2, -0.15) is 0 Å². The Morgan fingerprint density at radius 3 is 2.67 bits per heavy atom. The number of carbonyl (C=O) groups is 2. The van der Waals surface area contributed by atoms with Gasteiger partial charge in [-0.05, 0) is 12.5 Å². The van der Waals surface area contributed by atoms with Gasteiger partial charge in [-0.15, -0.1) is 0 Å². The number of ether oxygens (including phenoxy) is 2. The van der Waals surface area contributed by atoms with Crippen LogP contribution in [-0.2, 0) is 20.9 Å². The minimum atomic E-state index is -1.42. The molecule has 1 rings (SSSR count). The lowest BCUT2D eigenvalue weighted by molar-refractivity contribution is -0.149. The fraction of sp³-hybridized carbons (Fsp3) is 0.429. The molecule has 0 aliphatic carbocycles. The van der Waals surface area contributed by atoms with Gasteiger partial charge in [-0.1, -0.05) is 30.3 Å². The van der Waals surface area contributed by atoms with Gasteiger partial charge >= 0.3 is 12.1 Å². The number of aliphatic hydroxyl groups is 2. The van der Waals surface area contributed by atoms with Crippen LogP contribution >= 0.6 is 0 Å². The molecule has 0 heterocycles. The van der Waals surface area contributed by atoms with Gasteiger partial charge in [0.25, 0.3) is 0 Å². The molecule has 0 aliphatic heterocycles. The number of benzene rings is 1. The van der Waals surface area contributed by atoms with Gasteiger partial charge < -0.3 is 25.0 Å². The number of amides is 1. The predicted molar refractivity (Wildman–Crippen MR) is 73.3 cm³/mol. The van der Waals surface area contributed by atoms with E-state index in [-0.39, 0.29) is 13.2 Å². The van der Waals surface area contributed by atoms with E-state index in [4.69, 9.17) is 10.9 Å². The molecule has 3 N–H and O–H groups in total. The summed E-state index contributed by atoms with van der Waals surface area (Å²) in [5, 5.41) is 16.0. The van der Waals surface area contributed by atoms with E-state index in [2.05, 4.69) is 10.4 Å². The molecule has 0 aromatic heterocycles. The summed E-state index contributed by atoms with van der Waals surface area (Å²) in [6, 6.07) is 7.62. The standard InChI is InChI=1S/C14H19NO6/c1-2-20-13(18)12(11(17)8-16)15-14(19)21-9-10-6-4-3-5-7-10/h3-7,11-12,16-17H,2,8-9H2,1H3,(H,15,19)/t11?,12-/m0/s1/i16T. The quantitative estimate of drug-likeness (QED) is 0.592. The molecule has 7 heteroatoms. The number of hydrogen-bond donors (Lipinski definition) is 3. The highest BCUT2D eigenvalue weighted by molar-refractivity contribution is 5.82. The second kappa shape index (κ2) is 8.93. The zero-order valence-electron chi connectivity index (χ0n) is 12.7. The van der Waals surface area contributed by atoms with Gasteiger partial charge in [-0.3, -0.25) is 0 Å². The molecule has 116 valence electrons. The number of rotatable bonds is 8. The van der Waals surface area contributed by atoms with Crippen LogP contribution in [0.3, 0.4) is 0 Å². The largest absolute Gasteiger partial charge is 0.464 e. The maximum absolute atomic E-state index is 11.7. The van der Waals surface area contributed by atoms with Crippen molar-refractivity contribution in [2.75, 3.05) is 13.2 Å². The summed E-state index contributed by atoms with van der Waals surface area (Å²) in [6.07, 6.45) is -2.30. The van der Waals surface area contributed by atoms with Crippen molar-refractivity contribution >= 4 is 12.1 Å². The molecule has 7 nitrogen and oxygen atoms in total. The van der Waals surface area contributed by atoms with E-state index in [0.29, 0.717) is 0 Å². The second-order valence-electron chi connectivity index (χ2n) is 4.17. The number of esters is 1. The van der Waals surface area contributed by atoms with Crippen molar-refractivity contribution in [3.05, 3.63) is 35.9 Å². The first kappa shape index (κ1) is 15.3. The summed E-state index contributed by atoms with van der Waals surface area (Å²) in [7, 11) is 0. The fourth-order valence-electron chi connectivity index (χ4n) is 1.53. The first-order valence-corrected chi connectivity index (χ1v) is 6.48. The van der Waals surface area contributed by atoms with Crippen molar-refractivity contribution in [1.29, 1.82) is 1.43 Å². The minimum Gasteiger partial charge on any atom is -0.464 e. The topological polar surface area (TPSA) is 105 Å². The highest BCUT2D eigenvalue weighted by Crippen LogP contribution is 2.02. The van der Waals surface area contributed by atoms with E-state index in [1.54, 1.807) is 31.2 Å². The fourth-order valence-corrected chi connectivity index (χ4v) is 1.53. The van der Waals surface area contributed by atoms with E-state index in [9.17, 15) is 14.7 Å². The predicted octanol–water partition coefficient (Wildman–Crippen LogP) is 0.198. The van der Waals surface area contributed by atoms with Crippen molar-refractivity contribution in [3.8, 4) is 0 Å². The van der Waals surface area contributed by atoms with Crippen LogP contribution in [0.5, 0.6) is 0 Å². The zero-order valence-corrected chi connectivity index (χ0v) is 11.7. The zero-order chi connectivity index (χ0) is 16.4. The summed E-state index contributed by atoms with van der Waals surface area (Å²) in [5.74, 6) is -0.830. The normalized spacial score (nSPS) is 13.7. The van der Waals surface area contributed by atoms with Crippen molar-refractivity contribution < 1.29 is 29.3 Å². The van der Waals surface area contributed by atoms with Gasteiger partial charge in [0.1, 0.15) is 12.7 Å². The molecule has 0 bridgehead atoms. The van der Waals surface area contributed by atoms with E-state index in [0.717, 1.165) is 5.56 Å². The molecule has 21 heavy (non-hydrogen) atoms. The maximum atomic E-state index is 11.7. The Morgan fingerprint density at radius 2 is 2.05 bits per heavy atom. The third-order valence-corrected chi connectivity index (χ3v) is 2.58. The first-order chi connectivity index (χ1) is 10.6. The molecule has 0 radical (unpaired) electrons. The molecule has 1 unspecified atom stereocenters. The Kier molecular flexibility index (Phi) is 6.50. The van der Waals surface area contributed by atoms with Gasteiger partial charge in [0.05, 0.1) is 13.2 Å². The van der Waals surface area contributed by atoms with Crippen LogP contribution in [0.25, 0.3) is 0 Å². The monoisotopic (exact) mass is 299 g/mol. The van der Waals surface area contributed by atoms with Crippen LogP contribution in [0.4, 0.5) is 4.79 Å². The lowest BCUT2D eigenvalue weighted by Gasteiger charge is -2.20. The molecule has 1 aromatic carbocycles. The Labute approximate surface area is 124 Å². The smallest absolute Gasteiger partial charge is 0.408 e. The molecule has 0 aliphatic rings. The van der Waals surface area contributed by atoms with Gasteiger partial charge in [0, 0.05) is 0 Å². The van der Waals surface area contributed by atoms with Crippen molar-refractivity contribution in [2.24, 2.45) is 0 Å². The summed E-state index contributed by atoms with van der Waals surface area (Å²) >= 11 is 0. The third kappa shape index (κ3) is 5.80. The lowest BCUT2D eigenvalue weighted by Crippen LogP contribution is -2.51. The van der Waals surface area contributed by atoms with E-state index in [1.165, 1.54) is 0 Å². The summed E-state index contributed by atoms with van der Waals surface area (Å²) < 4.78 is 16.3. The Balaban J connectivity index is 2.56. The molecule has 0 spiro atoms. The van der Waals surface area contributed by atoms with E-state index >= 15 is 0 Å². The van der Waals surface area contributed by atoms with Crippen LogP contribution in [0.1, 0.15) is 12.5 Å². The number of hydrogen-bond acceptors (Lipinski definition) is 6. The van der Waals surface area contributed by atoms with Crippen LogP contribution < -0.4 is 5.32 Å². The molecule has 1 amide bonds.